The number of nitrogen functional groups attached to an aromatic ring is 2. The van der Waals surface area contributed by atoms with Crippen molar-refractivity contribution in [3.05, 3.63) is 41.7 Å². The van der Waals surface area contributed by atoms with Gasteiger partial charge in [-0.1, -0.05) is 0 Å². The Morgan fingerprint density at radius 3 is 2.26 bits per heavy atom. The lowest BCUT2D eigenvalue weighted by Gasteiger charge is -2.08. The van der Waals surface area contributed by atoms with Crippen LogP contribution in [0.1, 0.15) is 15.9 Å². The van der Waals surface area contributed by atoms with E-state index in [0.29, 0.717) is 11.1 Å². The van der Waals surface area contributed by atoms with Gasteiger partial charge in [0.2, 0.25) is 0 Å². The summed E-state index contributed by atoms with van der Waals surface area (Å²) in [6.07, 6.45) is 1.21. The van der Waals surface area contributed by atoms with E-state index in [1.165, 1.54) is 18.5 Å². The molecule has 94 valence electrons. The van der Waals surface area contributed by atoms with Gasteiger partial charge in [0.05, 0.1) is 11.6 Å². The molecule has 2 rings (SSSR count). The van der Waals surface area contributed by atoms with E-state index in [1.807, 2.05) is 6.07 Å². The zero-order valence-electron chi connectivity index (χ0n) is 9.79. The number of carbonyl (C=O) groups excluding carboxylic acids is 1. The summed E-state index contributed by atoms with van der Waals surface area (Å²) in [5.41, 5.74) is 12.2. The maximum absolute atomic E-state index is 12.0. The quantitative estimate of drug-likeness (QED) is 0.725. The average molecular weight is 254 g/mol. The van der Waals surface area contributed by atoms with E-state index in [-0.39, 0.29) is 17.3 Å². The molecule has 0 aliphatic heterocycles. The van der Waals surface area contributed by atoms with Crippen molar-refractivity contribution >= 4 is 23.2 Å². The molecule has 0 aliphatic carbocycles. The van der Waals surface area contributed by atoms with Crippen LogP contribution in [0.25, 0.3) is 0 Å². The van der Waals surface area contributed by atoms with Crippen LogP contribution in [-0.4, -0.2) is 15.9 Å². The Balaban J connectivity index is 2.23. The highest BCUT2D eigenvalue weighted by Crippen LogP contribution is 2.21. The van der Waals surface area contributed by atoms with Crippen LogP contribution in [-0.2, 0) is 0 Å². The van der Waals surface area contributed by atoms with Crippen molar-refractivity contribution in [3.8, 4) is 6.07 Å². The van der Waals surface area contributed by atoms with Gasteiger partial charge < -0.3 is 16.8 Å². The topological polar surface area (TPSA) is 131 Å². The van der Waals surface area contributed by atoms with Gasteiger partial charge in [-0.3, -0.25) is 4.79 Å². The van der Waals surface area contributed by atoms with Gasteiger partial charge >= 0.3 is 0 Å². The van der Waals surface area contributed by atoms with Gasteiger partial charge in [0.25, 0.3) is 5.91 Å². The second-order valence-electron chi connectivity index (χ2n) is 3.66. The first-order valence-electron chi connectivity index (χ1n) is 5.29. The van der Waals surface area contributed by atoms with E-state index < -0.39 is 5.91 Å². The molecule has 7 heteroatoms. The molecular weight excluding hydrogens is 244 g/mol. The molecule has 0 aliphatic rings. The molecule has 1 heterocycles. The molecule has 1 aromatic carbocycles. The molecule has 0 fully saturated rings. The predicted molar refractivity (Wildman–Crippen MR) is 70.0 cm³/mol. The Kier molecular flexibility index (Phi) is 3.25. The van der Waals surface area contributed by atoms with Crippen molar-refractivity contribution in [2.75, 3.05) is 16.8 Å². The van der Waals surface area contributed by atoms with E-state index in [0.717, 1.165) is 0 Å². The fraction of sp³-hybridized carbons (Fsp3) is 0. The van der Waals surface area contributed by atoms with Crippen LogP contribution in [0.4, 0.5) is 17.3 Å². The molecule has 5 N–H and O–H groups in total. The summed E-state index contributed by atoms with van der Waals surface area (Å²) < 4.78 is 0. The molecule has 0 saturated heterocycles. The van der Waals surface area contributed by atoms with Gasteiger partial charge in [0, 0.05) is 5.56 Å². The van der Waals surface area contributed by atoms with E-state index >= 15 is 0 Å². The standard InChI is InChI=1S/C12H10N6O/c13-5-7-1-3-8(4-2-7)12(19)18-9-10(14)16-6-17-11(9)15/h1-4,6H,(H,18,19)(H4,14,15,16,17). The van der Waals surface area contributed by atoms with Crippen molar-refractivity contribution in [3.63, 3.8) is 0 Å². The number of anilines is 3. The highest BCUT2D eigenvalue weighted by Gasteiger charge is 2.12. The number of aromatic nitrogens is 2. The third-order valence-electron chi connectivity index (χ3n) is 2.42. The fourth-order valence-corrected chi connectivity index (χ4v) is 1.42. The molecule has 19 heavy (non-hydrogen) atoms. The number of nitrogens with two attached hydrogens (primary N) is 2. The van der Waals surface area contributed by atoms with E-state index in [9.17, 15) is 4.79 Å². The maximum atomic E-state index is 12.0. The average Bonchev–Trinajstić information content (AvgIpc) is 2.43. The summed E-state index contributed by atoms with van der Waals surface area (Å²) in [6.45, 7) is 0. The molecule has 1 aromatic heterocycles. The summed E-state index contributed by atoms with van der Waals surface area (Å²) in [7, 11) is 0. The first-order chi connectivity index (χ1) is 9.11. The van der Waals surface area contributed by atoms with Crippen molar-refractivity contribution in [1.29, 1.82) is 5.26 Å². The van der Waals surface area contributed by atoms with Crippen molar-refractivity contribution in [1.82, 2.24) is 9.97 Å². The van der Waals surface area contributed by atoms with Crippen LogP contribution in [0, 0.1) is 11.3 Å². The number of rotatable bonds is 2. The van der Waals surface area contributed by atoms with E-state index in [2.05, 4.69) is 15.3 Å². The molecule has 0 atom stereocenters. The number of hydrogen-bond donors (Lipinski definition) is 3. The largest absolute Gasteiger partial charge is 0.382 e. The molecule has 2 aromatic rings. The van der Waals surface area contributed by atoms with Crippen molar-refractivity contribution in [2.24, 2.45) is 0 Å². The highest BCUT2D eigenvalue weighted by atomic mass is 16.1. The normalized spacial score (nSPS) is 9.63. The van der Waals surface area contributed by atoms with Gasteiger partial charge in [0.15, 0.2) is 11.6 Å². The number of hydrogen-bond acceptors (Lipinski definition) is 6. The molecule has 0 radical (unpaired) electrons. The van der Waals surface area contributed by atoms with Crippen LogP contribution >= 0.6 is 0 Å². The van der Waals surface area contributed by atoms with Gasteiger partial charge in [-0.2, -0.15) is 5.26 Å². The van der Waals surface area contributed by atoms with Crippen LogP contribution in [0.15, 0.2) is 30.6 Å². The number of carbonyl (C=O) groups is 1. The minimum absolute atomic E-state index is 0.0921. The smallest absolute Gasteiger partial charge is 0.255 e. The predicted octanol–water partition coefficient (Wildman–Crippen LogP) is 0.765. The molecule has 0 spiro atoms. The number of amides is 1. The third kappa shape index (κ3) is 2.58. The summed E-state index contributed by atoms with van der Waals surface area (Å²) >= 11 is 0. The summed E-state index contributed by atoms with van der Waals surface area (Å²) in [5, 5.41) is 11.2. The summed E-state index contributed by atoms with van der Waals surface area (Å²) in [5.74, 6) is -0.221. The molecule has 0 unspecified atom stereocenters. The monoisotopic (exact) mass is 254 g/mol. The highest BCUT2D eigenvalue weighted by molar-refractivity contribution is 6.07. The molecule has 0 saturated carbocycles. The van der Waals surface area contributed by atoms with E-state index in [1.54, 1.807) is 12.1 Å². The lowest BCUT2D eigenvalue weighted by Crippen LogP contribution is -2.15. The minimum atomic E-state index is -0.405. The lowest BCUT2D eigenvalue weighted by atomic mass is 10.1. The molecular formula is C12H10N6O. The van der Waals surface area contributed by atoms with E-state index in [4.69, 9.17) is 16.7 Å². The minimum Gasteiger partial charge on any atom is -0.382 e. The van der Waals surface area contributed by atoms with Gasteiger partial charge in [-0.25, -0.2) is 9.97 Å². The zero-order valence-corrected chi connectivity index (χ0v) is 9.79. The van der Waals surface area contributed by atoms with Crippen molar-refractivity contribution in [2.45, 2.75) is 0 Å². The van der Waals surface area contributed by atoms with Gasteiger partial charge in [0.1, 0.15) is 12.0 Å². The van der Waals surface area contributed by atoms with Gasteiger partial charge in [-0.15, -0.1) is 0 Å². The Bertz CT molecular complexity index is 639. The Hall–Kier alpha value is -3.14. The summed E-state index contributed by atoms with van der Waals surface area (Å²) in [4.78, 5) is 19.4. The maximum Gasteiger partial charge on any atom is 0.255 e. The lowest BCUT2D eigenvalue weighted by molar-refractivity contribution is 0.102. The molecule has 7 nitrogen and oxygen atoms in total. The van der Waals surface area contributed by atoms with Gasteiger partial charge in [-0.05, 0) is 24.3 Å². The summed E-state index contributed by atoms with van der Waals surface area (Å²) in [6, 6.07) is 8.12. The second-order valence-corrected chi connectivity index (χ2v) is 3.66. The first-order valence-corrected chi connectivity index (χ1v) is 5.29. The van der Waals surface area contributed by atoms with Crippen LogP contribution in [0.2, 0.25) is 0 Å². The van der Waals surface area contributed by atoms with Crippen LogP contribution < -0.4 is 16.8 Å². The number of benzene rings is 1. The number of nitrogens with zero attached hydrogens (tertiary/aromatic N) is 3. The fourth-order valence-electron chi connectivity index (χ4n) is 1.42. The SMILES string of the molecule is N#Cc1ccc(C(=O)Nc2c(N)ncnc2N)cc1. The number of nitriles is 1. The Morgan fingerprint density at radius 1 is 1.16 bits per heavy atom. The molecule has 0 bridgehead atoms. The zero-order chi connectivity index (χ0) is 13.8. The number of nitrogens with one attached hydrogen (secondary N) is 1. The van der Waals surface area contributed by atoms with Crippen molar-refractivity contribution < 1.29 is 4.79 Å². The second kappa shape index (κ2) is 5.01. The third-order valence-corrected chi connectivity index (χ3v) is 2.42. The van der Waals surface area contributed by atoms with Crippen LogP contribution in [0.5, 0.6) is 0 Å². The Morgan fingerprint density at radius 2 is 1.74 bits per heavy atom. The molecule has 1 amide bonds. The Labute approximate surface area is 108 Å². The first kappa shape index (κ1) is 12.3. The van der Waals surface area contributed by atoms with Crippen LogP contribution in [0.3, 0.4) is 0 Å².